The van der Waals surface area contributed by atoms with E-state index in [4.69, 9.17) is 9.47 Å². The van der Waals surface area contributed by atoms with Crippen molar-refractivity contribution in [2.24, 2.45) is 0 Å². The van der Waals surface area contributed by atoms with Crippen molar-refractivity contribution in [3.63, 3.8) is 0 Å². The Morgan fingerprint density at radius 2 is 1.89 bits per heavy atom. The molecule has 2 heterocycles. The van der Waals surface area contributed by atoms with Crippen LogP contribution in [0.2, 0.25) is 0 Å². The second-order valence-corrected chi connectivity index (χ2v) is 5.90. The second-order valence-electron chi connectivity index (χ2n) is 5.90. The molecule has 2 aromatic heterocycles. The third-order valence-electron chi connectivity index (χ3n) is 3.98. The minimum Gasteiger partial charge on any atom is -0.494 e. The molecule has 0 radical (unpaired) electrons. The molecule has 2 amide bonds. The third kappa shape index (κ3) is 4.29. The number of anilines is 1. The number of amides is 2. The van der Waals surface area contributed by atoms with Gasteiger partial charge >= 0.3 is 0 Å². The van der Waals surface area contributed by atoms with Crippen LogP contribution in [0.15, 0.2) is 48.7 Å². The summed E-state index contributed by atoms with van der Waals surface area (Å²) in [5, 5.41) is 5.52. The Kier molecular flexibility index (Phi) is 6.23. The molecule has 0 aliphatic carbocycles. The predicted molar refractivity (Wildman–Crippen MR) is 105 cm³/mol. The number of rotatable bonds is 8. The zero-order valence-electron chi connectivity index (χ0n) is 15.8. The van der Waals surface area contributed by atoms with Gasteiger partial charge in [0, 0.05) is 25.5 Å². The van der Waals surface area contributed by atoms with Gasteiger partial charge in [0.25, 0.3) is 11.8 Å². The van der Waals surface area contributed by atoms with Gasteiger partial charge in [-0.2, -0.15) is 0 Å². The summed E-state index contributed by atoms with van der Waals surface area (Å²) in [6.45, 7) is 3.22. The number of nitrogens with one attached hydrogen (secondary N) is 2. The molecular weight excluding hydrogens is 360 g/mol. The van der Waals surface area contributed by atoms with Crippen LogP contribution in [0.4, 0.5) is 5.69 Å². The van der Waals surface area contributed by atoms with Crippen molar-refractivity contribution in [3.8, 4) is 5.75 Å². The van der Waals surface area contributed by atoms with Gasteiger partial charge in [-0.15, -0.1) is 0 Å². The molecule has 0 saturated carbocycles. The quantitative estimate of drug-likeness (QED) is 0.584. The first kappa shape index (κ1) is 19.4. The van der Waals surface area contributed by atoms with E-state index in [1.807, 2.05) is 6.92 Å². The molecule has 0 bridgehead atoms. The van der Waals surface area contributed by atoms with Crippen LogP contribution in [0.1, 0.15) is 28.0 Å². The topological polar surface area (TPSA) is 94.0 Å². The first-order valence-corrected chi connectivity index (χ1v) is 8.92. The van der Waals surface area contributed by atoms with Gasteiger partial charge in [-0.25, -0.2) is 4.98 Å². The molecule has 0 unspecified atom stereocenters. The first-order chi connectivity index (χ1) is 13.6. The number of carbonyl (C=O) groups is 2. The van der Waals surface area contributed by atoms with E-state index in [0.29, 0.717) is 31.0 Å². The van der Waals surface area contributed by atoms with E-state index in [1.54, 1.807) is 60.2 Å². The van der Waals surface area contributed by atoms with Crippen molar-refractivity contribution in [2.45, 2.75) is 6.92 Å². The van der Waals surface area contributed by atoms with E-state index in [9.17, 15) is 9.59 Å². The number of aromatic nitrogens is 2. The summed E-state index contributed by atoms with van der Waals surface area (Å²) in [7, 11) is 1.56. The number of methoxy groups -OCH3 is 1. The number of imidazole rings is 1. The summed E-state index contributed by atoms with van der Waals surface area (Å²) < 4.78 is 11.9. The maximum Gasteiger partial charge on any atom is 0.292 e. The lowest BCUT2D eigenvalue weighted by Gasteiger charge is -2.06. The number of nitrogens with zero attached hydrogens (tertiary/aromatic N) is 2. The number of ether oxygens (including phenoxy) is 2. The minimum absolute atomic E-state index is 0.126. The molecule has 0 fully saturated rings. The van der Waals surface area contributed by atoms with Crippen LogP contribution in [-0.2, 0) is 4.74 Å². The van der Waals surface area contributed by atoms with E-state index >= 15 is 0 Å². The van der Waals surface area contributed by atoms with E-state index < -0.39 is 5.91 Å². The molecule has 28 heavy (non-hydrogen) atoms. The minimum atomic E-state index is -0.415. The van der Waals surface area contributed by atoms with E-state index in [1.165, 1.54) is 0 Å². The average molecular weight is 382 g/mol. The number of pyridine rings is 1. The number of hydrogen-bond donors (Lipinski definition) is 2. The van der Waals surface area contributed by atoms with Crippen molar-refractivity contribution in [1.29, 1.82) is 0 Å². The van der Waals surface area contributed by atoms with Gasteiger partial charge in [-0.1, -0.05) is 6.07 Å². The molecule has 0 atom stereocenters. The third-order valence-corrected chi connectivity index (χ3v) is 3.98. The molecule has 8 nitrogen and oxygen atoms in total. The summed E-state index contributed by atoms with van der Waals surface area (Å²) in [5.41, 5.74) is 1.34. The zero-order chi connectivity index (χ0) is 19.9. The van der Waals surface area contributed by atoms with E-state index in [-0.39, 0.29) is 17.4 Å². The maximum atomic E-state index is 12.8. The SMILES string of the molecule is CCOc1ccc(NC(=O)c2nc(C(=O)NCCOC)c3ccccn23)cc1. The lowest BCUT2D eigenvalue weighted by Crippen LogP contribution is -2.27. The monoisotopic (exact) mass is 382 g/mol. The van der Waals surface area contributed by atoms with Crippen LogP contribution >= 0.6 is 0 Å². The van der Waals surface area contributed by atoms with Crippen molar-refractivity contribution in [1.82, 2.24) is 14.7 Å². The fraction of sp³-hybridized carbons (Fsp3) is 0.250. The first-order valence-electron chi connectivity index (χ1n) is 8.92. The molecule has 0 aliphatic rings. The molecule has 0 aliphatic heterocycles. The predicted octanol–water partition coefficient (Wildman–Crippen LogP) is 2.36. The summed E-state index contributed by atoms with van der Waals surface area (Å²) >= 11 is 0. The molecule has 146 valence electrons. The second kappa shape index (κ2) is 9.01. The Labute approximate surface area is 162 Å². The summed E-state index contributed by atoms with van der Waals surface area (Å²) in [6, 6.07) is 12.3. The largest absolute Gasteiger partial charge is 0.494 e. The molecule has 3 rings (SSSR count). The summed E-state index contributed by atoms with van der Waals surface area (Å²) in [6.07, 6.45) is 1.70. The fourth-order valence-corrected chi connectivity index (χ4v) is 2.70. The van der Waals surface area contributed by atoms with Crippen LogP contribution in [0.25, 0.3) is 5.52 Å². The van der Waals surface area contributed by atoms with Gasteiger partial charge in [0.05, 0.1) is 18.7 Å². The van der Waals surface area contributed by atoms with Gasteiger partial charge in [0.1, 0.15) is 5.75 Å². The highest BCUT2D eigenvalue weighted by Crippen LogP contribution is 2.18. The summed E-state index contributed by atoms with van der Waals surface area (Å²) in [5.74, 6) is 0.0744. The maximum absolute atomic E-state index is 12.8. The average Bonchev–Trinajstić information content (AvgIpc) is 3.10. The van der Waals surface area contributed by atoms with Crippen LogP contribution in [0, 0.1) is 0 Å². The molecular formula is C20H22N4O4. The molecule has 0 saturated heterocycles. The number of carbonyl (C=O) groups excluding carboxylic acids is 2. The van der Waals surface area contributed by atoms with Gasteiger partial charge in [0.2, 0.25) is 5.82 Å². The Balaban J connectivity index is 1.83. The smallest absolute Gasteiger partial charge is 0.292 e. The zero-order valence-corrected chi connectivity index (χ0v) is 15.8. The van der Waals surface area contributed by atoms with Crippen molar-refractivity contribution in [3.05, 3.63) is 60.2 Å². The number of benzene rings is 1. The fourth-order valence-electron chi connectivity index (χ4n) is 2.70. The van der Waals surface area contributed by atoms with Crippen molar-refractivity contribution < 1.29 is 19.1 Å². The van der Waals surface area contributed by atoms with E-state index in [2.05, 4.69) is 15.6 Å². The standard InChI is InChI=1S/C20H22N4O4/c1-3-28-15-9-7-14(8-10-15)22-20(26)18-23-17(19(25)21-11-13-27-2)16-6-4-5-12-24(16)18/h4-10,12H,3,11,13H2,1-2H3,(H,21,25)(H,22,26). The van der Waals surface area contributed by atoms with Crippen molar-refractivity contribution in [2.75, 3.05) is 32.2 Å². The van der Waals surface area contributed by atoms with Crippen LogP contribution < -0.4 is 15.4 Å². The molecule has 3 aromatic rings. The highest BCUT2D eigenvalue weighted by atomic mass is 16.5. The van der Waals surface area contributed by atoms with Gasteiger partial charge in [0.15, 0.2) is 5.69 Å². The highest BCUT2D eigenvalue weighted by Gasteiger charge is 2.21. The van der Waals surface area contributed by atoms with Crippen LogP contribution in [0.3, 0.4) is 0 Å². The van der Waals surface area contributed by atoms with Crippen LogP contribution in [-0.4, -0.2) is 48.1 Å². The molecule has 1 aromatic carbocycles. The van der Waals surface area contributed by atoms with Crippen LogP contribution in [0.5, 0.6) is 5.75 Å². The highest BCUT2D eigenvalue weighted by molar-refractivity contribution is 6.06. The van der Waals surface area contributed by atoms with Gasteiger partial charge in [-0.05, 0) is 43.3 Å². The van der Waals surface area contributed by atoms with Crippen molar-refractivity contribution >= 4 is 23.0 Å². The number of hydrogen-bond acceptors (Lipinski definition) is 5. The Morgan fingerprint density at radius 3 is 2.61 bits per heavy atom. The Hall–Kier alpha value is -3.39. The Bertz CT molecular complexity index is 966. The molecule has 2 N–H and O–H groups in total. The summed E-state index contributed by atoms with van der Waals surface area (Å²) in [4.78, 5) is 29.5. The lowest BCUT2D eigenvalue weighted by molar-refractivity contribution is 0.0934. The normalized spacial score (nSPS) is 10.6. The van der Waals surface area contributed by atoms with Gasteiger partial charge < -0.3 is 20.1 Å². The number of fused-ring (bicyclic) bond motifs is 1. The lowest BCUT2D eigenvalue weighted by atomic mass is 10.3. The van der Waals surface area contributed by atoms with Gasteiger partial charge in [-0.3, -0.25) is 14.0 Å². The molecule has 0 spiro atoms. The molecule has 8 heteroatoms. The Morgan fingerprint density at radius 1 is 1.11 bits per heavy atom. The van der Waals surface area contributed by atoms with E-state index in [0.717, 1.165) is 5.75 Å².